The number of carboxylic acid groups (broad SMARTS) is 1. The summed E-state index contributed by atoms with van der Waals surface area (Å²) in [6.07, 6.45) is -0.844. The minimum absolute atomic E-state index is 0.000958. The van der Waals surface area contributed by atoms with Crippen LogP contribution in [0.1, 0.15) is 31.4 Å². The highest BCUT2D eigenvalue weighted by Gasteiger charge is 2.12. The summed E-state index contributed by atoms with van der Waals surface area (Å²) in [7, 11) is 0. The fraction of sp³-hybridized carbons (Fsp3) is 0.417. The van der Waals surface area contributed by atoms with Gasteiger partial charge in [-0.2, -0.15) is 0 Å². The van der Waals surface area contributed by atoms with Crippen LogP contribution in [-0.2, 0) is 4.79 Å². The van der Waals surface area contributed by atoms with Crippen LogP contribution in [0.3, 0.4) is 0 Å². The number of rotatable bonds is 6. The summed E-state index contributed by atoms with van der Waals surface area (Å²) in [6.45, 7) is 2.19. The maximum absolute atomic E-state index is 10.4. The van der Waals surface area contributed by atoms with Gasteiger partial charge in [0.25, 0.3) is 0 Å². The normalized spacial score (nSPS) is 12.1. The number of hydrogen-bond acceptors (Lipinski definition) is 4. The molecule has 5 heteroatoms. The van der Waals surface area contributed by atoms with E-state index in [2.05, 4.69) is 0 Å². The van der Waals surface area contributed by atoms with Crippen molar-refractivity contribution in [3.8, 4) is 11.5 Å². The first kappa shape index (κ1) is 13.3. The van der Waals surface area contributed by atoms with E-state index in [1.54, 1.807) is 13.0 Å². The van der Waals surface area contributed by atoms with Gasteiger partial charge in [0.15, 0.2) is 11.5 Å². The highest BCUT2D eigenvalue weighted by Crippen LogP contribution is 2.30. The van der Waals surface area contributed by atoms with Crippen molar-refractivity contribution in [2.75, 3.05) is 6.61 Å². The van der Waals surface area contributed by atoms with Gasteiger partial charge in [-0.15, -0.1) is 0 Å². The van der Waals surface area contributed by atoms with Crippen LogP contribution in [0, 0.1) is 0 Å². The summed E-state index contributed by atoms with van der Waals surface area (Å²) in [4.78, 5) is 10.4. The Bertz CT molecular complexity index is 388. The Hall–Kier alpha value is -1.75. The quantitative estimate of drug-likeness (QED) is 0.704. The van der Waals surface area contributed by atoms with Crippen LogP contribution in [0.5, 0.6) is 11.5 Å². The fourth-order valence-corrected chi connectivity index (χ4v) is 1.44. The Balaban J connectivity index is 2.76. The largest absolute Gasteiger partial charge is 0.504 e. The highest BCUT2D eigenvalue weighted by molar-refractivity contribution is 5.66. The third-order valence-corrected chi connectivity index (χ3v) is 2.30. The molecular formula is C12H16O5. The summed E-state index contributed by atoms with van der Waals surface area (Å²) in [5.74, 6) is -0.659. The monoisotopic (exact) mass is 240 g/mol. The van der Waals surface area contributed by atoms with Gasteiger partial charge in [-0.05, 0) is 31.0 Å². The molecule has 1 unspecified atom stereocenters. The molecule has 0 saturated carbocycles. The molecule has 5 nitrogen and oxygen atoms in total. The van der Waals surface area contributed by atoms with E-state index < -0.39 is 12.1 Å². The van der Waals surface area contributed by atoms with Gasteiger partial charge >= 0.3 is 5.97 Å². The lowest BCUT2D eigenvalue weighted by Gasteiger charge is -2.12. The smallest absolute Gasteiger partial charge is 0.303 e. The van der Waals surface area contributed by atoms with Crippen LogP contribution < -0.4 is 4.74 Å². The third kappa shape index (κ3) is 3.96. The lowest BCUT2D eigenvalue weighted by atomic mass is 10.0. The molecule has 0 aromatic heterocycles. The molecule has 0 heterocycles. The van der Waals surface area contributed by atoms with E-state index in [1.807, 2.05) is 0 Å². The van der Waals surface area contributed by atoms with Crippen LogP contribution in [0.15, 0.2) is 18.2 Å². The van der Waals surface area contributed by atoms with E-state index in [0.717, 1.165) is 0 Å². The maximum Gasteiger partial charge on any atom is 0.303 e. The molecular weight excluding hydrogens is 224 g/mol. The molecule has 3 N–H and O–H groups in total. The number of phenols is 1. The number of ether oxygens (including phenoxy) is 1. The second kappa shape index (κ2) is 6.10. The minimum Gasteiger partial charge on any atom is -0.504 e. The number of aromatic hydroxyl groups is 1. The predicted octanol–water partition coefficient (Wildman–Crippen LogP) is 1.69. The number of aliphatic carboxylic acids is 1. The Morgan fingerprint density at radius 3 is 2.76 bits per heavy atom. The van der Waals surface area contributed by atoms with Crippen molar-refractivity contribution in [1.29, 1.82) is 0 Å². The molecule has 0 saturated heterocycles. The van der Waals surface area contributed by atoms with E-state index >= 15 is 0 Å². The summed E-state index contributed by atoms with van der Waals surface area (Å²) in [6, 6.07) is 4.49. The summed E-state index contributed by atoms with van der Waals surface area (Å²) in [5.41, 5.74) is 0.535. The summed E-state index contributed by atoms with van der Waals surface area (Å²) < 4.78 is 5.18. The fourth-order valence-electron chi connectivity index (χ4n) is 1.44. The van der Waals surface area contributed by atoms with E-state index in [-0.39, 0.29) is 18.6 Å². The zero-order valence-electron chi connectivity index (χ0n) is 9.59. The van der Waals surface area contributed by atoms with Crippen molar-refractivity contribution >= 4 is 5.97 Å². The van der Waals surface area contributed by atoms with Crippen molar-refractivity contribution in [3.63, 3.8) is 0 Å². The van der Waals surface area contributed by atoms with Crippen LogP contribution in [0.4, 0.5) is 0 Å². The lowest BCUT2D eigenvalue weighted by molar-refractivity contribution is -0.137. The second-order valence-corrected chi connectivity index (χ2v) is 3.61. The first-order valence-electron chi connectivity index (χ1n) is 5.40. The van der Waals surface area contributed by atoms with Crippen molar-refractivity contribution < 1.29 is 24.9 Å². The van der Waals surface area contributed by atoms with Crippen LogP contribution in [-0.4, -0.2) is 27.9 Å². The number of benzene rings is 1. The van der Waals surface area contributed by atoms with Gasteiger partial charge in [0.05, 0.1) is 12.7 Å². The van der Waals surface area contributed by atoms with Crippen molar-refractivity contribution in [1.82, 2.24) is 0 Å². The summed E-state index contributed by atoms with van der Waals surface area (Å²) >= 11 is 0. The molecule has 0 aliphatic carbocycles. The number of carbonyl (C=O) groups is 1. The van der Waals surface area contributed by atoms with Gasteiger partial charge in [0, 0.05) is 6.42 Å². The van der Waals surface area contributed by atoms with E-state index in [1.165, 1.54) is 12.1 Å². The van der Waals surface area contributed by atoms with E-state index in [0.29, 0.717) is 17.9 Å². The number of carboxylic acids is 1. The predicted molar refractivity (Wildman–Crippen MR) is 61.1 cm³/mol. The van der Waals surface area contributed by atoms with Crippen molar-refractivity contribution in [3.05, 3.63) is 23.8 Å². The second-order valence-electron chi connectivity index (χ2n) is 3.61. The van der Waals surface area contributed by atoms with Gasteiger partial charge < -0.3 is 20.1 Å². The van der Waals surface area contributed by atoms with Crippen molar-refractivity contribution in [2.45, 2.75) is 25.9 Å². The first-order valence-corrected chi connectivity index (χ1v) is 5.40. The standard InChI is InChI=1S/C12H16O5/c1-2-17-11-7-8(3-4-10(11)14)9(13)5-6-12(15)16/h3-4,7,9,13-14H,2,5-6H2,1H3,(H,15,16). The van der Waals surface area contributed by atoms with Gasteiger partial charge in [-0.3, -0.25) is 4.79 Å². The molecule has 0 radical (unpaired) electrons. The maximum atomic E-state index is 10.4. The van der Waals surface area contributed by atoms with Crippen molar-refractivity contribution in [2.24, 2.45) is 0 Å². The zero-order valence-corrected chi connectivity index (χ0v) is 9.59. The van der Waals surface area contributed by atoms with Gasteiger partial charge in [0.1, 0.15) is 0 Å². The molecule has 0 bridgehead atoms. The van der Waals surface area contributed by atoms with Crippen LogP contribution in [0.25, 0.3) is 0 Å². The molecule has 1 atom stereocenters. The molecule has 17 heavy (non-hydrogen) atoms. The lowest BCUT2D eigenvalue weighted by Crippen LogP contribution is -2.03. The topological polar surface area (TPSA) is 87.0 Å². The minimum atomic E-state index is -0.951. The zero-order chi connectivity index (χ0) is 12.8. The van der Waals surface area contributed by atoms with Crippen LogP contribution >= 0.6 is 0 Å². The molecule has 1 aromatic rings. The average Bonchev–Trinajstić information content (AvgIpc) is 2.29. The molecule has 94 valence electrons. The Morgan fingerprint density at radius 2 is 2.18 bits per heavy atom. The number of aliphatic hydroxyl groups excluding tert-OH is 1. The molecule has 1 aromatic carbocycles. The molecule has 0 fully saturated rings. The van der Waals surface area contributed by atoms with Gasteiger partial charge in [-0.1, -0.05) is 6.07 Å². The molecule has 0 spiro atoms. The Kier molecular flexibility index (Phi) is 4.78. The third-order valence-electron chi connectivity index (χ3n) is 2.30. The highest BCUT2D eigenvalue weighted by atomic mass is 16.5. The Morgan fingerprint density at radius 1 is 1.47 bits per heavy atom. The van der Waals surface area contributed by atoms with Crippen LogP contribution in [0.2, 0.25) is 0 Å². The SMILES string of the molecule is CCOc1cc(C(O)CCC(=O)O)ccc1O. The number of hydrogen-bond donors (Lipinski definition) is 3. The number of aliphatic hydroxyl groups is 1. The van der Waals surface area contributed by atoms with E-state index in [4.69, 9.17) is 9.84 Å². The van der Waals surface area contributed by atoms with Gasteiger partial charge in [-0.25, -0.2) is 0 Å². The summed E-state index contributed by atoms with van der Waals surface area (Å²) in [5, 5.41) is 27.7. The van der Waals surface area contributed by atoms with E-state index in [9.17, 15) is 15.0 Å². The molecule has 0 aliphatic rings. The first-order chi connectivity index (χ1) is 8.04. The average molecular weight is 240 g/mol. The Labute approximate surface area is 99.3 Å². The molecule has 1 rings (SSSR count). The molecule has 0 amide bonds. The number of phenolic OH excluding ortho intramolecular Hbond substituents is 1. The molecule has 0 aliphatic heterocycles. The van der Waals surface area contributed by atoms with Gasteiger partial charge in [0.2, 0.25) is 0 Å².